The van der Waals surface area contributed by atoms with Gasteiger partial charge in [-0.2, -0.15) is 0 Å². The van der Waals surface area contributed by atoms with Gasteiger partial charge in [-0.25, -0.2) is 0 Å². The second-order valence-corrected chi connectivity index (χ2v) is 4.26. The van der Waals surface area contributed by atoms with Crippen LogP contribution in [0.25, 0.3) is 0 Å². The van der Waals surface area contributed by atoms with Crippen LogP contribution in [0.2, 0.25) is 0 Å². The lowest BCUT2D eigenvalue weighted by Gasteiger charge is -2.02. The fourth-order valence-electron chi connectivity index (χ4n) is 1.35. The molecule has 3 heteroatoms. The van der Waals surface area contributed by atoms with Crippen LogP contribution in [-0.4, -0.2) is 5.12 Å². The highest BCUT2D eigenvalue weighted by atomic mass is 32.2. The summed E-state index contributed by atoms with van der Waals surface area (Å²) in [5.74, 6) is 0. The van der Waals surface area contributed by atoms with Crippen molar-refractivity contribution < 1.29 is 8.98 Å². The van der Waals surface area contributed by atoms with Crippen LogP contribution < -0.4 is 0 Å². The molecule has 17 heavy (non-hydrogen) atoms. The third-order valence-corrected chi connectivity index (χ3v) is 2.84. The van der Waals surface area contributed by atoms with Gasteiger partial charge in [-0.1, -0.05) is 60.7 Å². The van der Waals surface area contributed by atoms with E-state index in [4.69, 9.17) is 4.18 Å². The first-order chi connectivity index (χ1) is 8.36. The molecule has 2 aromatic rings. The summed E-state index contributed by atoms with van der Waals surface area (Å²) in [5, 5.41) is -0.0680. The van der Waals surface area contributed by atoms with E-state index in [0.29, 0.717) is 12.2 Å². The van der Waals surface area contributed by atoms with Gasteiger partial charge in [0, 0.05) is 5.56 Å². The predicted octanol–water partition coefficient (Wildman–Crippen LogP) is 3.69. The van der Waals surface area contributed by atoms with Gasteiger partial charge in [0.05, 0.1) is 18.6 Å². The summed E-state index contributed by atoms with van der Waals surface area (Å²) in [6.07, 6.45) is 0. The predicted molar refractivity (Wildman–Crippen MR) is 69.6 cm³/mol. The summed E-state index contributed by atoms with van der Waals surface area (Å²) in [6, 6.07) is 18.9. The Kier molecular flexibility index (Phi) is 4.36. The van der Waals surface area contributed by atoms with Crippen molar-refractivity contribution in [3.8, 4) is 0 Å². The summed E-state index contributed by atoms with van der Waals surface area (Å²) < 4.78 is 5.30. The van der Waals surface area contributed by atoms with Crippen LogP contribution in [-0.2, 0) is 10.8 Å². The maximum absolute atomic E-state index is 11.7. The van der Waals surface area contributed by atoms with E-state index >= 15 is 0 Å². The van der Waals surface area contributed by atoms with Crippen molar-refractivity contribution in [1.82, 2.24) is 0 Å². The highest BCUT2D eigenvalue weighted by molar-refractivity contribution is 8.10. The van der Waals surface area contributed by atoms with Crippen molar-refractivity contribution in [1.29, 1.82) is 0 Å². The Morgan fingerprint density at radius 2 is 1.53 bits per heavy atom. The molecule has 0 aliphatic carbocycles. The average Bonchev–Trinajstić information content (AvgIpc) is 2.41. The molecule has 0 aromatic heterocycles. The Bertz CT molecular complexity index is 468. The van der Waals surface area contributed by atoms with Crippen LogP contribution in [0.1, 0.15) is 15.9 Å². The van der Waals surface area contributed by atoms with Gasteiger partial charge in [0.2, 0.25) is 5.12 Å². The molecule has 0 saturated carbocycles. The monoisotopic (exact) mass is 244 g/mol. The Morgan fingerprint density at radius 1 is 0.941 bits per heavy atom. The molecule has 2 nitrogen and oxygen atoms in total. The van der Waals surface area contributed by atoms with Gasteiger partial charge in [-0.05, 0) is 5.56 Å². The summed E-state index contributed by atoms with van der Waals surface area (Å²) in [6.45, 7) is 0.435. The highest BCUT2D eigenvalue weighted by Crippen LogP contribution is 2.15. The zero-order valence-corrected chi connectivity index (χ0v) is 10.0. The zero-order valence-electron chi connectivity index (χ0n) is 9.21. The fourth-order valence-corrected chi connectivity index (χ4v) is 1.88. The van der Waals surface area contributed by atoms with Gasteiger partial charge in [0.25, 0.3) is 0 Å². The molecule has 0 spiro atoms. The third-order valence-electron chi connectivity index (χ3n) is 2.21. The van der Waals surface area contributed by atoms with Gasteiger partial charge < -0.3 is 4.18 Å². The Labute approximate surface area is 105 Å². The Morgan fingerprint density at radius 3 is 2.18 bits per heavy atom. The van der Waals surface area contributed by atoms with Crippen molar-refractivity contribution in [2.75, 3.05) is 0 Å². The number of carbonyl (C=O) groups is 1. The molecule has 0 aliphatic heterocycles. The minimum Gasteiger partial charge on any atom is -0.303 e. The van der Waals surface area contributed by atoms with Gasteiger partial charge in [-0.3, -0.25) is 4.79 Å². The molecule has 0 unspecified atom stereocenters. The standard InChI is InChI=1S/C14H12O2S/c15-14(13-9-5-2-6-10-13)17-16-11-12-7-3-1-4-8-12/h1-10H,11H2. The van der Waals surface area contributed by atoms with Crippen LogP contribution in [0, 0.1) is 0 Å². The molecular weight excluding hydrogens is 232 g/mol. The van der Waals surface area contributed by atoms with Crippen molar-refractivity contribution in [3.05, 3.63) is 71.8 Å². The molecule has 2 rings (SSSR count). The fraction of sp³-hybridized carbons (Fsp3) is 0.0714. The average molecular weight is 244 g/mol. The summed E-state index contributed by atoms with van der Waals surface area (Å²) in [5.41, 5.74) is 1.71. The summed E-state index contributed by atoms with van der Waals surface area (Å²) >= 11 is 0.885. The Balaban J connectivity index is 1.82. The van der Waals surface area contributed by atoms with Crippen LogP contribution in [0.3, 0.4) is 0 Å². The van der Waals surface area contributed by atoms with Gasteiger partial charge in [0.15, 0.2) is 0 Å². The zero-order chi connectivity index (χ0) is 11.9. The number of rotatable bonds is 4. The van der Waals surface area contributed by atoms with Gasteiger partial charge >= 0.3 is 0 Å². The molecule has 0 amide bonds. The number of hydrogen-bond acceptors (Lipinski definition) is 3. The van der Waals surface area contributed by atoms with E-state index in [0.717, 1.165) is 17.6 Å². The molecule has 0 radical (unpaired) electrons. The first kappa shape index (κ1) is 11.9. The van der Waals surface area contributed by atoms with Crippen molar-refractivity contribution >= 4 is 17.2 Å². The minimum atomic E-state index is -0.0680. The van der Waals surface area contributed by atoms with E-state index in [2.05, 4.69) is 0 Å². The lowest BCUT2D eigenvalue weighted by Crippen LogP contribution is -1.94. The van der Waals surface area contributed by atoms with E-state index < -0.39 is 0 Å². The smallest absolute Gasteiger partial charge is 0.246 e. The largest absolute Gasteiger partial charge is 0.303 e. The maximum atomic E-state index is 11.7. The molecule has 0 aliphatic rings. The first-order valence-corrected chi connectivity index (χ1v) is 6.03. The lowest BCUT2D eigenvalue weighted by atomic mass is 10.2. The highest BCUT2D eigenvalue weighted by Gasteiger charge is 2.06. The third kappa shape index (κ3) is 3.73. The second kappa shape index (κ2) is 6.23. The molecule has 0 fully saturated rings. The van der Waals surface area contributed by atoms with Crippen LogP contribution >= 0.6 is 12.0 Å². The maximum Gasteiger partial charge on any atom is 0.246 e. The quantitative estimate of drug-likeness (QED) is 0.767. The second-order valence-electron chi connectivity index (χ2n) is 3.48. The molecule has 0 heterocycles. The van der Waals surface area contributed by atoms with Crippen LogP contribution in [0.15, 0.2) is 60.7 Å². The summed E-state index contributed by atoms with van der Waals surface area (Å²) in [4.78, 5) is 11.7. The van der Waals surface area contributed by atoms with Gasteiger partial charge in [0.1, 0.15) is 0 Å². The van der Waals surface area contributed by atoms with Gasteiger partial charge in [-0.15, -0.1) is 0 Å². The first-order valence-electron chi connectivity index (χ1n) is 5.29. The SMILES string of the molecule is O=C(SOCc1ccccc1)c1ccccc1. The number of benzene rings is 2. The summed E-state index contributed by atoms with van der Waals surface area (Å²) in [7, 11) is 0. The molecule has 0 atom stereocenters. The molecule has 0 saturated heterocycles. The van der Waals surface area contributed by atoms with Crippen molar-refractivity contribution in [3.63, 3.8) is 0 Å². The molecular formula is C14H12O2S. The van der Waals surface area contributed by atoms with E-state index in [1.807, 2.05) is 48.5 Å². The van der Waals surface area contributed by atoms with Crippen LogP contribution in [0.5, 0.6) is 0 Å². The molecule has 2 aromatic carbocycles. The Hall–Kier alpha value is -1.58. The van der Waals surface area contributed by atoms with Crippen molar-refractivity contribution in [2.45, 2.75) is 6.61 Å². The molecule has 0 N–H and O–H groups in total. The van der Waals surface area contributed by atoms with E-state index in [1.54, 1.807) is 12.1 Å². The topological polar surface area (TPSA) is 26.3 Å². The minimum absolute atomic E-state index is 0.0680. The molecule has 86 valence electrons. The van der Waals surface area contributed by atoms with E-state index in [1.165, 1.54) is 0 Å². The number of carbonyl (C=O) groups excluding carboxylic acids is 1. The van der Waals surface area contributed by atoms with E-state index in [9.17, 15) is 4.79 Å². The normalized spacial score (nSPS) is 10.1. The van der Waals surface area contributed by atoms with Crippen LogP contribution in [0.4, 0.5) is 0 Å². The van der Waals surface area contributed by atoms with Crippen molar-refractivity contribution in [2.24, 2.45) is 0 Å². The van der Waals surface area contributed by atoms with E-state index in [-0.39, 0.29) is 5.12 Å². The lowest BCUT2D eigenvalue weighted by molar-refractivity contribution is 0.107. The number of hydrogen-bond donors (Lipinski definition) is 0. The molecule has 0 bridgehead atoms.